The van der Waals surface area contributed by atoms with Crippen LogP contribution in [-0.4, -0.2) is 44.7 Å². The molecule has 4 atom stereocenters. The molecule has 3 aromatic rings. The number of aliphatic hydroxyl groups is 1. The van der Waals surface area contributed by atoms with Crippen molar-refractivity contribution in [2.24, 2.45) is 0 Å². The molecule has 1 saturated heterocycles. The van der Waals surface area contributed by atoms with Crippen molar-refractivity contribution in [2.75, 3.05) is 6.61 Å². The Morgan fingerprint density at radius 1 is 0.824 bits per heavy atom. The van der Waals surface area contributed by atoms with E-state index in [1.54, 1.807) is 12.1 Å². The van der Waals surface area contributed by atoms with E-state index in [1.165, 1.54) is 12.1 Å². The van der Waals surface area contributed by atoms with Crippen molar-refractivity contribution in [1.29, 1.82) is 0 Å². The molecule has 0 unspecified atom stereocenters. The summed E-state index contributed by atoms with van der Waals surface area (Å²) in [4.78, 5) is -0.0144. The van der Waals surface area contributed by atoms with Crippen LogP contribution in [0.4, 0.5) is 0 Å². The van der Waals surface area contributed by atoms with Crippen LogP contribution in [0.3, 0.4) is 0 Å². The zero-order chi connectivity index (χ0) is 24.0. The van der Waals surface area contributed by atoms with Crippen LogP contribution in [0.25, 0.3) is 0 Å². The minimum Gasteiger partial charge on any atom is -0.368 e. The fraction of sp³-hybridized carbons (Fsp3) is 0.308. The summed E-state index contributed by atoms with van der Waals surface area (Å²) in [5, 5.41) is 10.5. The van der Waals surface area contributed by atoms with Gasteiger partial charge in [0, 0.05) is 0 Å². The van der Waals surface area contributed by atoms with E-state index in [2.05, 4.69) is 0 Å². The first kappa shape index (κ1) is 24.5. The van der Waals surface area contributed by atoms with Gasteiger partial charge in [0.05, 0.1) is 24.7 Å². The van der Waals surface area contributed by atoms with Crippen LogP contribution in [0, 0.1) is 6.92 Å². The van der Waals surface area contributed by atoms with E-state index < -0.39 is 34.7 Å². The standard InChI is InChI=1S/C26H28O7S/c1-19-12-14-22(15-13-19)34(28,29)33-25-24(31-17-21-10-6-3-7-11-21)23(18-32-26(25)27)30-16-20-8-4-2-5-9-20/h2-15,23-27H,16-18H2,1H3/t23-,24+,25+,26-/m0/s1. The van der Waals surface area contributed by atoms with E-state index in [1.807, 2.05) is 67.6 Å². The third kappa shape index (κ3) is 6.29. The molecule has 4 rings (SSSR count). The van der Waals surface area contributed by atoms with Crippen LogP contribution in [0.2, 0.25) is 0 Å². The quantitative estimate of drug-likeness (QED) is 0.464. The van der Waals surface area contributed by atoms with Gasteiger partial charge in [-0.3, -0.25) is 4.18 Å². The number of ether oxygens (including phenoxy) is 3. The monoisotopic (exact) mass is 484 g/mol. The minimum absolute atomic E-state index is 0.0144. The highest BCUT2D eigenvalue weighted by molar-refractivity contribution is 7.86. The number of benzene rings is 3. The number of rotatable bonds is 9. The fourth-order valence-corrected chi connectivity index (χ4v) is 4.73. The van der Waals surface area contributed by atoms with E-state index in [-0.39, 0.29) is 24.7 Å². The van der Waals surface area contributed by atoms with Gasteiger partial charge in [0.2, 0.25) is 0 Å². The Balaban J connectivity index is 1.55. The number of aryl methyl sites for hydroxylation is 1. The molecule has 7 nitrogen and oxygen atoms in total. The first-order chi connectivity index (χ1) is 16.4. The average molecular weight is 485 g/mol. The molecule has 0 radical (unpaired) electrons. The molecule has 3 aromatic carbocycles. The topological polar surface area (TPSA) is 91.3 Å². The van der Waals surface area contributed by atoms with Gasteiger partial charge >= 0.3 is 0 Å². The predicted octanol–water partition coefficient (Wildman–Crippen LogP) is 3.59. The molecular formula is C26H28O7S. The third-order valence-electron chi connectivity index (χ3n) is 5.54. The highest BCUT2D eigenvalue weighted by atomic mass is 32.2. The number of hydrogen-bond acceptors (Lipinski definition) is 7. The summed E-state index contributed by atoms with van der Waals surface area (Å²) in [5.74, 6) is 0. The fourth-order valence-electron chi connectivity index (χ4n) is 3.66. The SMILES string of the molecule is Cc1ccc(S(=O)(=O)O[C@@H]2[C@H](OCc3ccccc3)[C@@H](OCc3ccccc3)CO[C@@H]2O)cc1. The lowest BCUT2D eigenvalue weighted by molar-refractivity contribution is -0.266. The Morgan fingerprint density at radius 3 is 1.97 bits per heavy atom. The van der Waals surface area contributed by atoms with Crippen molar-refractivity contribution >= 4 is 10.1 Å². The van der Waals surface area contributed by atoms with Crippen LogP contribution in [-0.2, 0) is 41.7 Å². The molecule has 1 aliphatic heterocycles. The van der Waals surface area contributed by atoms with Gasteiger partial charge in [-0.2, -0.15) is 8.42 Å². The van der Waals surface area contributed by atoms with Crippen molar-refractivity contribution < 1.29 is 31.9 Å². The van der Waals surface area contributed by atoms with Gasteiger partial charge in [0.15, 0.2) is 12.4 Å². The highest BCUT2D eigenvalue weighted by Gasteiger charge is 2.45. The van der Waals surface area contributed by atoms with Gasteiger partial charge in [-0.25, -0.2) is 0 Å². The Labute approximate surface area is 200 Å². The molecule has 0 aliphatic carbocycles. The Bertz CT molecular complexity index is 1130. The van der Waals surface area contributed by atoms with Gasteiger partial charge in [-0.05, 0) is 30.2 Å². The second-order valence-corrected chi connectivity index (χ2v) is 9.72. The third-order valence-corrected chi connectivity index (χ3v) is 6.87. The molecule has 1 fully saturated rings. The van der Waals surface area contributed by atoms with Crippen LogP contribution in [0.5, 0.6) is 0 Å². The Morgan fingerprint density at radius 2 is 1.38 bits per heavy atom. The van der Waals surface area contributed by atoms with Crippen molar-refractivity contribution in [1.82, 2.24) is 0 Å². The zero-order valence-corrected chi connectivity index (χ0v) is 19.6. The lowest BCUT2D eigenvalue weighted by Crippen LogP contribution is -2.56. The normalized spacial score (nSPS) is 23.0. The van der Waals surface area contributed by atoms with Crippen LogP contribution >= 0.6 is 0 Å². The van der Waals surface area contributed by atoms with Gasteiger partial charge in [-0.15, -0.1) is 0 Å². The van der Waals surface area contributed by atoms with E-state index >= 15 is 0 Å². The van der Waals surface area contributed by atoms with E-state index in [0.717, 1.165) is 16.7 Å². The van der Waals surface area contributed by atoms with Crippen LogP contribution < -0.4 is 0 Å². The Hall–Kier alpha value is -2.59. The average Bonchev–Trinajstić information content (AvgIpc) is 2.85. The zero-order valence-electron chi connectivity index (χ0n) is 18.8. The second-order valence-electron chi connectivity index (χ2n) is 8.15. The lowest BCUT2D eigenvalue weighted by atomic mass is 10.0. The molecule has 0 amide bonds. The first-order valence-electron chi connectivity index (χ1n) is 11.0. The van der Waals surface area contributed by atoms with Crippen molar-refractivity contribution in [3.8, 4) is 0 Å². The van der Waals surface area contributed by atoms with E-state index in [0.29, 0.717) is 0 Å². The van der Waals surface area contributed by atoms with E-state index in [9.17, 15) is 13.5 Å². The molecule has 1 aliphatic rings. The first-order valence-corrected chi connectivity index (χ1v) is 12.4. The smallest absolute Gasteiger partial charge is 0.297 e. The molecule has 0 aromatic heterocycles. The molecule has 1 heterocycles. The predicted molar refractivity (Wildman–Crippen MR) is 125 cm³/mol. The summed E-state index contributed by atoms with van der Waals surface area (Å²) in [6, 6.07) is 25.3. The maximum atomic E-state index is 13.0. The molecule has 1 N–H and O–H groups in total. The summed E-state index contributed by atoms with van der Waals surface area (Å²) in [6.07, 6.45) is -4.37. The lowest BCUT2D eigenvalue weighted by Gasteiger charge is -2.39. The summed E-state index contributed by atoms with van der Waals surface area (Å²) in [5.41, 5.74) is 2.75. The Kier molecular flexibility index (Phi) is 8.10. The number of hydrogen-bond donors (Lipinski definition) is 1. The second kappa shape index (κ2) is 11.2. The maximum Gasteiger partial charge on any atom is 0.297 e. The van der Waals surface area contributed by atoms with Gasteiger partial charge in [0.1, 0.15) is 12.2 Å². The van der Waals surface area contributed by atoms with Crippen molar-refractivity contribution in [3.63, 3.8) is 0 Å². The summed E-state index contributed by atoms with van der Waals surface area (Å²) in [6.45, 7) is 2.34. The molecule has 0 spiro atoms. The summed E-state index contributed by atoms with van der Waals surface area (Å²) < 4.78 is 49.0. The molecule has 0 bridgehead atoms. The van der Waals surface area contributed by atoms with E-state index in [4.69, 9.17) is 18.4 Å². The van der Waals surface area contributed by atoms with Crippen LogP contribution in [0.15, 0.2) is 89.8 Å². The van der Waals surface area contributed by atoms with Crippen molar-refractivity contribution in [3.05, 3.63) is 102 Å². The van der Waals surface area contributed by atoms with Gasteiger partial charge in [-0.1, -0.05) is 78.4 Å². The molecule has 180 valence electrons. The number of aliphatic hydroxyl groups excluding tert-OH is 1. The summed E-state index contributed by atoms with van der Waals surface area (Å²) >= 11 is 0. The van der Waals surface area contributed by atoms with Crippen molar-refractivity contribution in [2.45, 2.75) is 49.6 Å². The maximum absolute atomic E-state index is 13.0. The summed E-state index contributed by atoms with van der Waals surface area (Å²) in [7, 11) is -4.19. The van der Waals surface area contributed by atoms with Gasteiger partial charge in [0.25, 0.3) is 10.1 Å². The minimum atomic E-state index is -4.19. The molecular weight excluding hydrogens is 456 g/mol. The van der Waals surface area contributed by atoms with Crippen LogP contribution in [0.1, 0.15) is 16.7 Å². The molecule has 34 heavy (non-hydrogen) atoms. The molecule has 0 saturated carbocycles. The highest BCUT2D eigenvalue weighted by Crippen LogP contribution is 2.28. The molecule has 8 heteroatoms. The largest absolute Gasteiger partial charge is 0.368 e. The van der Waals surface area contributed by atoms with Gasteiger partial charge < -0.3 is 19.3 Å².